The van der Waals surface area contributed by atoms with Gasteiger partial charge in [0.15, 0.2) is 0 Å². The topological polar surface area (TPSA) is 295 Å². The van der Waals surface area contributed by atoms with Crippen molar-refractivity contribution in [2.24, 2.45) is 7.05 Å². The van der Waals surface area contributed by atoms with Crippen LogP contribution >= 0.6 is 0 Å². The van der Waals surface area contributed by atoms with E-state index in [0.29, 0.717) is 83.7 Å². The first-order valence-corrected chi connectivity index (χ1v) is 35.1. The third-order valence-electron chi connectivity index (χ3n) is 21.3. The molecule has 18 rings (SSSR count). The van der Waals surface area contributed by atoms with Crippen LogP contribution in [0, 0.1) is 6.92 Å². The number of amides is 3. The van der Waals surface area contributed by atoms with Crippen LogP contribution in [0.15, 0.2) is 129 Å². The van der Waals surface area contributed by atoms with E-state index in [4.69, 9.17) is 39.9 Å². The lowest BCUT2D eigenvalue weighted by molar-refractivity contribution is 0.0958. The zero-order chi connectivity index (χ0) is 69.7. The number of hydrogen-bond donors (Lipinski definition) is 8. The van der Waals surface area contributed by atoms with Crippen molar-refractivity contribution in [2.75, 3.05) is 117 Å². The van der Waals surface area contributed by atoms with Crippen LogP contribution in [0.4, 0.5) is 51.6 Å². The number of anilines is 9. The van der Waals surface area contributed by atoms with Crippen molar-refractivity contribution in [3.63, 3.8) is 0 Å². The van der Waals surface area contributed by atoms with E-state index in [9.17, 15) is 14.4 Å². The number of aromatic nitrogens is 12. The quantitative estimate of drug-likeness (QED) is 0.0450. The van der Waals surface area contributed by atoms with Gasteiger partial charge in [-0.15, -0.1) is 0 Å². The average molecular weight is 1370 g/mol. The second-order valence-corrected chi connectivity index (χ2v) is 27.9. The number of piperazine rings is 3. The molecule has 27 nitrogen and oxygen atoms in total. The van der Waals surface area contributed by atoms with Gasteiger partial charge in [0, 0.05) is 202 Å². The Hall–Kier alpha value is -11.9. The molecule has 12 aromatic rings. The minimum Gasteiger partial charge on any atom is -0.368 e. The first-order chi connectivity index (χ1) is 50.3. The Morgan fingerprint density at radius 2 is 0.951 bits per heavy atom. The Bertz CT molecular complexity index is 5370. The van der Waals surface area contributed by atoms with Gasteiger partial charge in [-0.1, -0.05) is 0 Å². The Balaban J connectivity index is 0.538. The molecule has 18 heterocycles. The fraction of sp³-hybridized carbons (Fsp3) is 0.289. The fourth-order valence-electron chi connectivity index (χ4n) is 16.0. The summed E-state index contributed by atoms with van der Waals surface area (Å²) in [4.78, 5) is 106. The molecule has 27 heteroatoms. The standard InChI is InChI=1S/C76H76N24O3/c1-42-64(53-12-7-44(90-72(53)88-42)29-49-41-96(4)23-27-100(49)47-9-14-62(79-32-47)92-58-37-81-68(55-34-85-74(101)65(55)58)50-16-18-77-73-52(50)17-19-97(73)5)70-57-36-87-76(103)67(57)60(39-83-70)93-63-15-10-46(31-80-63)99-26-22-95(3)40-48(99)28-43-6-11-51-54(33-84-71(51)89-43)69-56-35-86-75(102)66(56)59(38-82-69)91-61-13-8-45(30-78-61)98-24-20-94(2)21-25-98/h6-19,30-33,37-39,48-49H,20-29,34-36,40-41H2,1-5H3,(H,78,91)(H,79,92)(H,80,93)(H,84,89)(H,85,101)(H,86,102)(H,87,103)(H,88,90). The minimum absolute atomic E-state index is 0.101. The second kappa shape index (κ2) is 25.6. The van der Waals surface area contributed by atoms with Crippen molar-refractivity contribution >= 4 is 102 Å². The van der Waals surface area contributed by atoms with E-state index in [1.54, 1.807) is 24.8 Å². The summed E-state index contributed by atoms with van der Waals surface area (Å²) in [6.45, 7) is 12.1. The van der Waals surface area contributed by atoms with E-state index in [1.807, 2.05) is 79.9 Å². The van der Waals surface area contributed by atoms with Crippen LogP contribution in [0.3, 0.4) is 0 Å². The first kappa shape index (κ1) is 63.3. The summed E-state index contributed by atoms with van der Waals surface area (Å²) in [5.41, 5.74) is 19.1. The number of aryl methyl sites for hydroxylation is 2. The average Bonchev–Trinajstić information content (AvgIpc) is 1.65. The van der Waals surface area contributed by atoms with Gasteiger partial charge in [-0.3, -0.25) is 29.3 Å². The van der Waals surface area contributed by atoms with E-state index in [0.717, 1.165) is 183 Å². The maximum absolute atomic E-state index is 13.8. The molecule has 12 aromatic heterocycles. The smallest absolute Gasteiger partial charge is 0.254 e. The van der Waals surface area contributed by atoms with Gasteiger partial charge in [-0.2, -0.15) is 0 Å². The largest absolute Gasteiger partial charge is 0.368 e. The molecule has 3 saturated heterocycles. The number of rotatable bonds is 16. The molecule has 6 aliphatic rings. The van der Waals surface area contributed by atoms with Crippen LogP contribution in [-0.2, 0) is 39.5 Å². The third kappa shape index (κ3) is 11.5. The van der Waals surface area contributed by atoms with Crippen molar-refractivity contribution in [1.29, 1.82) is 0 Å². The predicted molar refractivity (Wildman–Crippen MR) is 398 cm³/mol. The van der Waals surface area contributed by atoms with Crippen molar-refractivity contribution in [3.8, 4) is 33.8 Å². The summed E-state index contributed by atoms with van der Waals surface area (Å²) in [5.74, 6) is 1.37. The van der Waals surface area contributed by atoms with E-state index >= 15 is 0 Å². The maximum Gasteiger partial charge on any atom is 0.254 e. The molecule has 2 unspecified atom stereocenters. The van der Waals surface area contributed by atoms with E-state index in [-0.39, 0.29) is 29.8 Å². The van der Waals surface area contributed by atoms with Gasteiger partial charge in [0.1, 0.15) is 34.4 Å². The highest BCUT2D eigenvalue weighted by Gasteiger charge is 2.35. The summed E-state index contributed by atoms with van der Waals surface area (Å²) in [6, 6.07) is 24.7. The van der Waals surface area contributed by atoms with Crippen molar-refractivity contribution < 1.29 is 14.4 Å². The van der Waals surface area contributed by atoms with E-state index in [1.165, 1.54) is 0 Å². The lowest BCUT2D eigenvalue weighted by Crippen LogP contribution is -2.53. The molecule has 0 spiro atoms. The van der Waals surface area contributed by atoms with Gasteiger partial charge >= 0.3 is 0 Å². The van der Waals surface area contributed by atoms with Crippen LogP contribution in [0.25, 0.3) is 66.9 Å². The van der Waals surface area contributed by atoms with Crippen LogP contribution < -0.4 is 46.6 Å². The number of H-pyrrole nitrogens is 2. The molecule has 3 amide bonds. The fourth-order valence-corrected chi connectivity index (χ4v) is 16.0. The van der Waals surface area contributed by atoms with E-state index < -0.39 is 0 Å². The summed E-state index contributed by atoms with van der Waals surface area (Å²) in [7, 11) is 8.42. The normalized spacial score (nSPS) is 17.8. The van der Waals surface area contributed by atoms with Crippen LogP contribution in [0.1, 0.15) is 64.8 Å². The summed E-state index contributed by atoms with van der Waals surface area (Å²) < 4.78 is 1.98. The number of carbonyl (C=O) groups excluding carboxylic acids is 3. The molecule has 103 heavy (non-hydrogen) atoms. The molecule has 6 aliphatic heterocycles. The minimum atomic E-state index is -0.176. The van der Waals surface area contributed by atoms with Crippen LogP contribution in [0.2, 0.25) is 0 Å². The number of carbonyl (C=O) groups is 3. The first-order valence-electron chi connectivity index (χ1n) is 35.1. The molecule has 0 aliphatic carbocycles. The highest BCUT2D eigenvalue weighted by Crippen LogP contribution is 2.42. The second-order valence-electron chi connectivity index (χ2n) is 27.9. The van der Waals surface area contributed by atoms with Gasteiger partial charge < -0.3 is 75.8 Å². The highest BCUT2D eigenvalue weighted by atomic mass is 16.2. The number of pyridine rings is 9. The number of likely N-dealkylation sites (N-methyl/N-ethyl adjacent to an activating group) is 3. The van der Waals surface area contributed by atoms with Gasteiger partial charge in [0.25, 0.3) is 17.7 Å². The van der Waals surface area contributed by atoms with Crippen molar-refractivity contribution in [2.45, 2.75) is 51.5 Å². The van der Waals surface area contributed by atoms with Crippen molar-refractivity contribution in [3.05, 3.63) is 179 Å². The SMILES string of the molecule is Cc1[nH]c2nc(CC3CN(C)CCN3c3ccc(Nc4cnc(-c5ccnc6c5ccn6C)c5c4C(=O)NC5)nc3)ccc2c1-c1ncc(Nc2ccc(N3CCN(C)CC3Cc3ccc4c(-c5ncc(Nc6ccc(N7CCN(C)CC7)cn6)c6c5CNC6=O)c[nH]c4n3)cn2)c2c1CNC2=O. The molecule has 0 radical (unpaired) electrons. The number of hydrogen-bond acceptors (Lipinski definition) is 21. The Labute approximate surface area is 592 Å². The zero-order valence-corrected chi connectivity index (χ0v) is 57.8. The van der Waals surface area contributed by atoms with Gasteiger partial charge in [0.2, 0.25) is 0 Å². The molecule has 0 aromatic carbocycles. The molecule has 2 atom stereocenters. The summed E-state index contributed by atoms with van der Waals surface area (Å²) in [6.07, 6.45) is 18.0. The summed E-state index contributed by atoms with van der Waals surface area (Å²) in [5, 5.41) is 22.2. The molecule has 8 N–H and O–H groups in total. The Morgan fingerprint density at radius 1 is 0.456 bits per heavy atom. The number of nitrogens with zero attached hydrogens (tertiary/aromatic N) is 16. The predicted octanol–water partition coefficient (Wildman–Crippen LogP) is 8.44. The van der Waals surface area contributed by atoms with Crippen LogP contribution in [0.5, 0.6) is 0 Å². The molecule has 518 valence electrons. The van der Waals surface area contributed by atoms with Crippen LogP contribution in [-0.4, -0.2) is 190 Å². The van der Waals surface area contributed by atoms with Crippen molar-refractivity contribution in [1.82, 2.24) is 90.0 Å². The third-order valence-corrected chi connectivity index (χ3v) is 21.3. The highest BCUT2D eigenvalue weighted by molar-refractivity contribution is 6.09. The number of aromatic amines is 2. The monoisotopic (exact) mass is 1370 g/mol. The molecule has 3 fully saturated rings. The maximum atomic E-state index is 13.8. The lowest BCUT2D eigenvalue weighted by Gasteiger charge is -2.41. The molecular formula is C76H76N24O3. The lowest BCUT2D eigenvalue weighted by atomic mass is 9.99. The van der Waals surface area contributed by atoms with E-state index in [2.05, 4.69) is 140 Å². The molecular weight excluding hydrogens is 1300 g/mol. The number of fused-ring (bicyclic) bond motifs is 6. The molecule has 0 bridgehead atoms. The molecule has 0 saturated carbocycles. The van der Waals surface area contributed by atoms with Gasteiger partial charge in [-0.25, -0.2) is 29.9 Å². The summed E-state index contributed by atoms with van der Waals surface area (Å²) >= 11 is 0. The Morgan fingerprint density at radius 3 is 1.50 bits per heavy atom. The number of nitrogens with one attached hydrogen (secondary N) is 8. The zero-order valence-electron chi connectivity index (χ0n) is 57.8. The van der Waals surface area contributed by atoms with Gasteiger partial charge in [-0.05, 0) is 101 Å². The Kier molecular flexibility index (Phi) is 15.7. The van der Waals surface area contributed by atoms with Gasteiger partial charge in [0.05, 0.1) is 105 Å².